The fourth-order valence-electron chi connectivity index (χ4n) is 2.49. The van der Waals surface area contributed by atoms with Crippen molar-refractivity contribution in [2.75, 3.05) is 39.3 Å². The summed E-state index contributed by atoms with van der Waals surface area (Å²) >= 11 is 0. The zero-order valence-electron chi connectivity index (χ0n) is 13.5. The highest BCUT2D eigenvalue weighted by atomic mass is 127. The van der Waals surface area contributed by atoms with Crippen molar-refractivity contribution in [3.63, 3.8) is 0 Å². The number of halogens is 1. The van der Waals surface area contributed by atoms with Crippen LogP contribution in [0.15, 0.2) is 4.99 Å². The van der Waals surface area contributed by atoms with Gasteiger partial charge in [0, 0.05) is 26.2 Å². The summed E-state index contributed by atoms with van der Waals surface area (Å²) in [4.78, 5) is 7.25. The molecule has 1 aliphatic heterocycles. The Bertz CT molecular complexity index is 258. The summed E-state index contributed by atoms with van der Waals surface area (Å²) in [6.45, 7) is 13.2. The van der Waals surface area contributed by atoms with Crippen LogP contribution >= 0.6 is 24.0 Å². The quantitative estimate of drug-likeness (QED) is 0.287. The number of guanidine groups is 1. The zero-order chi connectivity index (χ0) is 13.9. The van der Waals surface area contributed by atoms with Crippen molar-refractivity contribution in [2.24, 2.45) is 10.9 Å². The summed E-state index contributed by atoms with van der Waals surface area (Å²) in [6, 6.07) is 0. The van der Waals surface area contributed by atoms with E-state index in [-0.39, 0.29) is 24.0 Å². The number of unbranched alkanes of at least 4 members (excludes halogenated alkanes) is 2. The molecule has 1 unspecified atom stereocenters. The third kappa shape index (κ3) is 8.29. The van der Waals surface area contributed by atoms with E-state index in [1.165, 1.54) is 45.3 Å². The van der Waals surface area contributed by atoms with Crippen LogP contribution in [0.25, 0.3) is 0 Å². The lowest BCUT2D eigenvalue weighted by atomic mass is 10.1. The van der Waals surface area contributed by atoms with Gasteiger partial charge in [-0.2, -0.15) is 0 Å². The Morgan fingerprint density at radius 1 is 1.20 bits per heavy atom. The summed E-state index contributed by atoms with van der Waals surface area (Å²) in [6.07, 6.45) is 5.09. The molecule has 0 aromatic carbocycles. The summed E-state index contributed by atoms with van der Waals surface area (Å²) in [5, 5.41) is 6.76. The maximum absolute atomic E-state index is 4.73. The van der Waals surface area contributed by atoms with Crippen LogP contribution in [0.1, 0.15) is 46.5 Å². The van der Waals surface area contributed by atoms with Gasteiger partial charge in [-0.25, -0.2) is 0 Å². The highest BCUT2D eigenvalue weighted by Crippen LogP contribution is 2.15. The summed E-state index contributed by atoms with van der Waals surface area (Å²) in [7, 11) is 0. The van der Waals surface area contributed by atoms with E-state index in [4.69, 9.17) is 4.99 Å². The second kappa shape index (κ2) is 12.7. The molecule has 1 heterocycles. The average Bonchev–Trinajstić information content (AvgIpc) is 2.88. The number of hydrogen-bond donors (Lipinski definition) is 2. The lowest BCUT2D eigenvalue weighted by Crippen LogP contribution is -2.38. The molecule has 2 N–H and O–H groups in total. The molecule has 0 aromatic rings. The lowest BCUT2D eigenvalue weighted by Gasteiger charge is -2.14. The first-order valence-electron chi connectivity index (χ1n) is 8.04. The van der Waals surface area contributed by atoms with Gasteiger partial charge in [0.2, 0.25) is 0 Å². The minimum atomic E-state index is 0. The Labute approximate surface area is 142 Å². The van der Waals surface area contributed by atoms with Gasteiger partial charge in [-0.3, -0.25) is 4.99 Å². The molecule has 0 radical (unpaired) electrons. The van der Waals surface area contributed by atoms with Gasteiger partial charge in [0.05, 0.1) is 0 Å². The van der Waals surface area contributed by atoms with Crippen molar-refractivity contribution in [2.45, 2.75) is 46.5 Å². The molecule has 0 aliphatic carbocycles. The molecule has 1 atom stereocenters. The average molecular weight is 396 g/mol. The largest absolute Gasteiger partial charge is 0.357 e. The molecule has 1 aliphatic rings. The molecule has 120 valence electrons. The van der Waals surface area contributed by atoms with Gasteiger partial charge in [-0.05, 0) is 38.8 Å². The van der Waals surface area contributed by atoms with Crippen LogP contribution in [0.3, 0.4) is 0 Å². The zero-order valence-corrected chi connectivity index (χ0v) is 15.8. The Kier molecular flexibility index (Phi) is 12.7. The van der Waals surface area contributed by atoms with E-state index in [9.17, 15) is 0 Å². The predicted octanol–water partition coefficient (Wildman–Crippen LogP) is 2.69. The first-order chi connectivity index (χ1) is 9.30. The highest BCUT2D eigenvalue weighted by Gasteiger charge is 2.20. The van der Waals surface area contributed by atoms with Crippen LogP contribution in [0.4, 0.5) is 0 Å². The summed E-state index contributed by atoms with van der Waals surface area (Å²) in [5.41, 5.74) is 0. The molecule has 1 rings (SSSR count). The van der Waals surface area contributed by atoms with E-state index < -0.39 is 0 Å². The number of nitrogens with one attached hydrogen (secondary N) is 2. The SMILES string of the molecule is CCCCCNC(=NCC1CCN(CC)C1)NCC.I. The lowest BCUT2D eigenvalue weighted by molar-refractivity contribution is 0.343. The van der Waals surface area contributed by atoms with Crippen molar-refractivity contribution in [1.29, 1.82) is 0 Å². The summed E-state index contributed by atoms with van der Waals surface area (Å²) in [5.74, 6) is 1.74. The molecule has 4 nitrogen and oxygen atoms in total. The maximum atomic E-state index is 4.73. The van der Waals surface area contributed by atoms with Gasteiger partial charge in [-0.1, -0.05) is 26.7 Å². The third-order valence-electron chi connectivity index (χ3n) is 3.74. The van der Waals surface area contributed by atoms with E-state index in [2.05, 4.69) is 36.3 Å². The molecule has 1 fully saturated rings. The van der Waals surface area contributed by atoms with Crippen LogP contribution in [-0.2, 0) is 0 Å². The van der Waals surface area contributed by atoms with Crippen LogP contribution in [0.2, 0.25) is 0 Å². The van der Waals surface area contributed by atoms with Crippen molar-refractivity contribution in [1.82, 2.24) is 15.5 Å². The van der Waals surface area contributed by atoms with E-state index in [0.29, 0.717) is 0 Å². The number of aliphatic imine (C=N–C) groups is 1. The Hall–Kier alpha value is -0.0400. The molecule has 1 saturated heterocycles. The molecule has 20 heavy (non-hydrogen) atoms. The second-order valence-electron chi connectivity index (χ2n) is 5.40. The standard InChI is InChI=1S/C15H32N4.HI/c1-4-7-8-10-17-15(16-5-2)18-12-14-9-11-19(6-3)13-14;/h14H,4-13H2,1-3H3,(H2,16,17,18);1H. The van der Waals surface area contributed by atoms with Gasteiger partial charge < -0.3 is 15.5 Å². The molecule has 5 heteroatoms. The van der Waals surface area contributed by atoms with Crippen molar-refractivity contribution in [3.05, 3.63) is 0 Å². The fourth-order valence-corrected chi connectivity index (χ4v) is 2.49. The minimum absolute atomic E-state index is 0. The van der Waals surface area contributed by atoms with Crippen LogP contribution in [0.5, 0.6) is 0 Å². The molecule has 0 saturated carbocycles. The van der Waals surface area contributed by atoms with Gasteiger partial charge in [0.25, 0.3) is 0 Å². The van der Waals surface area contributed by atoms with E-state index in [1.807, 2.05) is 0 Å². The predicted molar refractivity (Wildman–Crippen MR) is 99.1 cm³/mol. The van der Waals surface area contributed by atoms with Crippen LogP contribution in [-0.4, -0.2) is 50.1 Å². The van der Waals surface area contributed by atoms with Crippen molar-refractivity contribution < 1.29 is 0 Å². The topological polar surface area (TPSA) is 39.7 Å². The van der Waals surface area contributed by atoms with E-state index >= 15 is 0 Å². The van der Waals surface area contributed by atoms with E-state index in [0.717, 1.165) is 31.5 Å². The smallest absolute Gasteiger partial charge is 0.191 e. The van der Waals surface area contributed by atoms with Gasteiger partial charge in [0.15, 0.2) is 5.96 Å². The summed E-state index contributed by atoms with van der Waals surface area (Å²) < 4.78 is 0. The van der Waals surface area contributed by atoms with Gasteiger partial charge in [0.1, 0.15) is 0 Å². The Balaban J connectivity index is 0.00000361. The molecular weight excluding hydrogens is 363 g/mol. The van der Waals surface area contributed by atoms with E-state index in [1.54, 1.807) is 0 Å². The maximum Gasteiger partial charge on any atom is 0.191 e. The number of rotatable bonds is 8. The van der Waals surface area contributed by atoms with Crippen molar-refractivity contribution in [3.8, 4) is 0 Å². The first-order valence-corrected chi connectivity index (χ1v) is 8.04. The van der Waals surface area contributed by atoms with Gasteiger partial charge >= 0.3 is 0 Å². The Morgan fingerprint density at radius 2 is 2.00 bits per heavy atom. The fraction of sp³-hybridized carbons (Fsp3) is 0.933. The molecular formula is C15H33IN4. The minimum Gasteiger partial charge on any atom is -0.357 e. The molecule has 0 aromatic heterocycles. The molecule has 0 bridgehead atoms. The monoisotopic (exact) mass is 396 g/mol. The molecule has 0 amide bonds. The van der Waals surface area contributed by atoms with Crippen LogP contribution in [0, 0.1) is 5.92 Å². The third-order valence-corrected chi connectivity index (χ3v) is 3.74. The number of hydrogen-bond acceptors (Lipinski definition) is 2. The van der Waals surface area contributed by atoms with Gasteiger partial charge in [-0.15, -0.1) is 24.0 Å². The molecule has 0 spiro atoms. The first kappa shape index (κ1) is 20.0. The number of likely N-dealkylation sites (tertiary alicyclic amines) is 1. The van der Waals surface area contributed by atoms with Crippen molar-refractivity contribution >= 4 is 29.9 Å². The number of nitrogens with zero attached hydrogens (tertiary/aromatic N) is 2. The van der Waals surface area contributed by atoms with Crippen LogP contribution < -0.4 is 10.6 Å². The Morgan fingerprint density at radius 3 is 2.60 bits per heavy atom. The normalized spacial score (nSPS) is 19.8. The second-order valence-corrected chi connectivity index (χ2v) is 5.40. The highest BCUT2D eigenvalue weighted by molar-refractivity contribution is 14.0.